The Morgan fingerprint density at radius 3 is 2.57 bits per heavy atom. The van der Waals surface area contributed by atoms with Crippen LogP contribution in [0.25, 0.3) is 0 Å². The lowest BCUT2D eigenvalue weighted by Crippen LogP contribution is -2.66. The van der Waals surface area contributed by atoms with Gasteiger partial charge < -0.3 is 34.3 Å². The number of nitriles is 1. The number of carbonyl (C=O) groups is 2. The lowest BCUT2D eigenvalue weighted by atomic mass is 9.41. The van der Waals surface area contributed by atoms with Crippen LogP contribution < -0.4 is 10.1 Å². The van der Waals surface area contributed by atoms with Gasteiger partial charge >= 0.3 is 14.2 Å². The highest BCUT2D eigenvalue weighted by Gasteiger charge is 2.69. The first-order chi connectivity index (χ1) is 25.2. The molecule has 8 atom stereocenters. The van der Waals surface area contributed by atoms with Gasteiger partial charge in [-0.2, -0.15) is 5.26 Å². The van der Waals surface area contributed by atoms with Crippen molar-refractivity contribution in [3.05, 3.63) is 63.6 Å². The Morgan fingerprint density at radius 2 is 1.89 bits per heavy atom. The maximum absolute atomic E-state index is 13.5. The van der Waals surface area contributed by atoms with E-state index in [0.717, 1.165) is 37.7 Å². The molecule has 3 N–H and O–H groups in total. The summed E-state index contributed by atoms with van der Waals surface area (Å²) in [5, 5.41) is 32.0. The quantitative estimate of drug-likeness (QED) is 0.153. The van der Waals surface area contributed by atoms with Crippen LogP contribution in [0.2, 0.25) is 16.4 Å². The van der Waals surface area contributed by atoms with E-state index in [4.69, 9.17) is 37.2 Å². The third-order valence-electron chi connectivity index (χ3n) is 12.0. The topological polar surface area (TPSA) is 141 Å². The monoisotopic (exact) mass is 767 g/mol. The van der Waals surface area contributed by atoms with Crippen LogP contribution in [0.4, 0.5) is 0 Å². The minimum Gasteiger partial charge on any atom is -0.490 e. The fourth-order valence-electron chi connectivity index (χ4n) is 8.93. The number of benzene rings is 2. The highest BCUT2D eigenvalue weighted by Crippen LogP contribution is 2.67. The van der Waals surface area contributed by atoms with E-state index in [-0.39, 0.29) is 48.0 Å². The van der Waals surface area contributed by atoms with Crippen molar-refractivity contribution in [1.29, 1.82) is 5.26 Å². The van der Waals surface area contributed by atoms with Gasteiger partial charge in [-0.3, -0.25) is 9.59 Å². The Labute approximate surface area is 325 Å². The van der Waals surface area contributed by atoms with E-state index >= 15 is 0 Å². The fraction of sp³-hybridized carbons (Fsp3) is 0.615. The van der Waals surface area contributed by atoms with Crippen LogP contribution >= 0.6 is 23.2 Å². The summed E-state index contributed by atoms with van der Waals surface area (Å²) >= 11 is 13.1. The van der Waals surface area contributed by atoms with E-state index in [9.17, 15) is 24.9 Å². The third kappa shape index (κ3) is 9.55. The molecule has 2 amide bonds. The molecule has 3 aliphatic carbocycles. The summed E-state index contributed by atoms with van der Waals surface area (Å²) in [6.45, 7) is 6.65. The lowest BCUT2D eigenvalue weighted by molar-refractivity contribution is -0.211. The van der Waals surface area contributed by atoms with Crippen molar-refractivity contribution in [2.24, 2.45) is 29.1 Å². The number of carbonyl (C=O) groups excluding carboxylic acids is 2. The molecule has 4 aliphatic rings. The zero-order valence-electron chi connectivity index (χ0n) is 31.5. The Balaban J connectivity index is 1.20. The molecular formula is C39H53B2Cl2N3O7. The number of nitrogens with one attached hydrogen (secondary N) is 1. The van der Waals surface area contributed by atoms with Crippen LogP contribution in [0.5, 0.6) is 5.75 Å². The summed E-state index contributed by atoms with van der Waals surface area (Å²) in [6, 6.07) is 15.5. The smallest absolute Gasteiger partial charge is 0.482 e. The molecule has 286 valence electrons. The SMILES string of the molecule is CC(CCCC1(C)[C@@H]2C[C@H]3OB([C@H](Cc4ccccc4)NC(=O)CCOc4c(Cl)ccc(CCC(C#N)C(=O)N(C)C)c4Cl)O[C@@]3(C)[C@H]1C2)CB(O)O. The van der Waals surface area contributed by atoms with Crippen LogP contribution in [-0.2, 0) is 31.7 Å². The van der Waals surface area contributed by atoms with Crippen LogP contribution in [0.3, 0.4) is 0 Å². The largest absolute Gasteiger partial charge is 0.490 e. The van der Waals surface area contributed by atoms with Gasteiger partial charge in [-0.25, -0.2) is 0 Å². The fourth-order valence-corrected chi connectivity index (χ4v) is 9.51. The van der Waals surface area contributed by atoms with E-state index in [1.807, 2.05) is 30.3 Å². The van der Waals surface area contributed by atoms with Crippen molar-refractivity contribution in [2.45, 2.75) is 103 Å². The molecule has 3 unspecified atom stereocenters. The molecule has 1 heterocycles. The lowest BCUT2D eigenvalue weighted by Gasteiger charge is -2.66. The predicted molar refractivity (Wildman–Crippen MR) is 207 cm³/mol. The van der Waals surface area contributed by atoms with Crippen LogP contribution in [-0.4, -0.2) is 79.3 Å². The van der Waals surface area contributed by atoms with Gasteiger partial charge in [0.1, 0.15) is 5.92 Å². The van der Waals surface area contributed by atoms with E-state index in [1.54, 1.807) is 26.2 Å². The second-order valence-corrected chi connectivity index (χ2v) is 16.8. The first kappa shape index (κ1) is 41.4. The van der Waals surface area contributed by atoms with Crippen LogP contribution in [0.1, 0.15) is 76.8 Å². The van der Waals surface area contributed by atoms with Crippen molar-refractivity contribution < 1.29 is 33.7 Å². The number of hydrogen-bond donors (Lipinski definition) is 3. The first-order valence-corrected chi connectivity index (χ1v) is 19.6. The summed E-state index contributed by atoms with van der Waals surface area (Å²) in [6.07, 6.45) is 6.61. The second-order valence-electron chi connectivity index (χ2n) is 16.0. The number of nitrogens with zero attached hydrogens (tertiary/aromatic N) is 2. The Kier molecular flexibility index (Phi) is 13.9. The summed E-state index contributed by atoms with van der Waals surface area (Å²) in [5.41, 5.74) is 1.40. The molecule has 14 heteroatoms. The third-order valence-corrected chi connectivity index (χ3v) is 12.8. The van der Waals surface area contributed by atoms with E-state index in [1.165, 1.54) is 4.90 Å². The average molecular weight is 768 g/mol. The van der Waals surface area contributed by atoms with Crippen molar-refractivity contribution in [3.63, 3.8) is 0 Å². The molecule has 1 aliphatic heterocycles. The maximum Gasteiger partial charge on any atom is 0.482 e. The van der Waals surface area contributed by atoms with Gasteiger partial charge in [0.05, 0.1) is 46.8 Å². The Morgan fingerprint density at radius 1 is 1.15 bits per heavy atom. The zero-order valence-corrected chi connectivity index (χ0v) is 33.0. The van der Waals surface area contributed by atoms with Gasteiger partial charge in [0.2, 0.25) is 11.8 Å². The van der Waals surface area contributed by atoms with Gasteiger partial charge in [-0.1, -0.05) is 86.3 Å². The summed E-state index contributed by atoms with van der Waals surface area (Å²) in [7, 11) is 1.35. The Hall–Kier alpha value is -2.78. The molecule has 6 rings (SSSR count). The molecule has 2 bridgehead atoms. The number of halogens is 2. The summed E-state index contributed by atoms with van der Waals surface area (Å²) in [4.78, 5) is 27.2. The molecule has 4 fully saturated rings. The van der Waals surface area contributed by atoms with Gasteiger partial charge in [0.25, 0.3) is 0 Å². The first-order valence-electron chi connectivity index (χ1n) is 18.9. The average Bonchev–Trinajstić information content (AvgIpc) is 3.47. The number of hydrogen-bond acceptors (Lipinski definition) is 8. The number of aryl methyl sites for hydroxylation is 1. The minimum absolute atomic E-state index is 0.0252. The highest BCUT2D eigenvalue weighted by molar-refractivity contribution is 6.48. The molecular weight excluding hydrogens is 715 g/mol. The predicted octanol–water partition coefficient (Wildman–Crippen LogP) is 6.18. The number of rotatable bonds is 18. The minimum atomic E-state index is -1.27. The molecule has 0 spiro atoms. The van der Waals surface area contributed by atoms with Crippen molar-refractivity contribution >= 4 is 49.3 Å². The molecule has 2 aromatic rings. The van der Waals surface area contributed by atoms with E-state index < -0.39 is 31.7 Å². The van der Waals surface area contributed by atoms with Crippen molar-refractivity contribution in [3.8, 4) is 11.8 Å². The van der Waals surface area contributed by atoms with Crippen molar-refractivity contribution in [1.82, 2.24) is 10.2 Å². The molecule has 0 radical (unpaired) electrons. The molecule has 3 saturated carbocycles. The molecule has 0 aromatic heterocycles. The standard InChI is InChI=1S/C39H53B2Cl2N3O7/c1-25(23-40(49)50)10-9-18-38(2)29-21-31(38)39(3)32(22-29)52-41(53-39)33(20-26-11-7-6-8-12-26)45-34(47)17-19-51-36-30(42)16-15-27(35(36)43)13-14-28(24-44)37(48)46(4)5/h6-8,11-12,15-16,25,28-29,31-33,49-50H,9-10,13-14,17-23H2,1-5H3,(H,45,47)/t25?,28?,29-,31-,32+,33-,38?,39-/m0/s1. The van der Waals surface area contributed by atoms with Gasteiger partial charge in [0.15, 0.2) is 5.75 Å². The molecule has 10 nitrogen and oxygen atoms in total. The van der Waals surface area contributed by atoms with E-state index in [0.29, 0.717) is 53.0 Å². The maximum atomic E-state index is 13.5. The van der Waals surface area contributed by atoms with Gasteiger partial charge in [-0.15, -0.1) is 0 Å². The van der Waals surface area contributed by atoms with Crippen LogP contribution in [0, 0.1) is 40.4 Å². The molecule has 53 heavy (non-hydrogen) atoms. The number of amides is 2. The summed E-state index contributed by atoms with van der Waals surface area (Å²) in [5.74, 6) is -0.346. The highest BCUT2D eigenvalue weighted by atomic mass is 35.5. The molecule has 2 aromatic carbocycles. The Bertz CT molecular complexity index is 1630. The normalized spacial score (nSPS) is 26.0. The van der Waals surface area contributed by atoms with Crippen LogP contribution in [0.15, 0.2) is 42.5 Å². The summed E-state index contributed by atoms with van der Waals surface area (Å²) < 4.78 is 19.5. The number of ether oxygens (including phenoxy) is 1. The zero-order chi connectivity index (χ0) is 38.5. The van der Waals surface area contributed by atoms with E-state index in [2.05, 4.69) is 32.2 Å². The molecule has 1 saturated heterocycles. The van der Waals surface area contributed by atoms with Gasteiger partial charge in [-0.05, 0) is 92.1 Å². The van der Waals surface area contributed by atoms with Gasteiger partial charge in [0, 0.05) is 14.1 Å². The second kappa shape index (κ2) is 17.8. The van der Waals surface area contributed by atoms with Crippen molar-refractivity contribution in [2.75, 3.05) is 20.7 Å².